The molecule has 0 radical (unpaired) electrons. The second-order valence-electron chi connectivity index (χ2n) is 5.06. The van der Waals surface area contributed by atoms with Gasteiger partial charge >= 0.3 is 0 Å². The highest BCUT2D eigenvalue weighted by atomic mass is 32.1. The zero-order valence-electron chi connectivity index (χ0n) is 12.0. The van der Waals surface area contributed by atoms with Crippen LogP contribution in [0.1, 0.15) is 35.9 Å². The molecule has 1 aromatic heterocycles. The maximum Gasteiger partial charge on any atom is 0.133 e. The average Bonchev–Trinajstić information content (AvgIpc) is 2.37. The molecule has 100 valence electrons. The lowest BCUT2D eigenvalue weighted by Crippen LogP contribution is -2.01. The summed E-state index contributed by atoms with van der Waals surface area (Å²) in [5.74, 6) is 0.981. The first-order valence-electron chi connectivity index (χ1n) is 6.70. The fourth-order valence-electron chi connectivity index (χ4n) is 2.21. The largest absolute Gasteiger partial charge is 0.343 e. The lowest BCUT2D eigenvalue weighted by molar-refractivity contribution is 0.829. The molecule has 0 spiro atoms. The highest BCUT2D eigenvalue weighted by Crippen LogP contribution is 2.26. The fraction of sp³-hybridized carbons (Fsp3) is 0.375. The molecular weight excluding hydrogens is 252 g/mol. The van der Waals surface area contributed by atoms with Gasteiger partial charge in [-0.05, 0) is 38.8 Å². The predicted octanol–water partition coefficient (Wildman–Crippen LogP) is 4.68. The number of hydrogen-bond donors (Lipinski definition) is 1. The van der Waals surface area contributed by atoms with E-state index < -0.39 is 0 Å². The molecule has 0 fully saturated rings. The van der Waals surface area contributed by atoms with Crippen LogP contribution in [0.3, 0.4) is 0 Å². The average molecular weight is 272 g/mol. The van der Waals surface area contributed by atoms with Gasteiger partial charge in [0.05, 0.1) is 5.69 Å². The molecule has 0 amide bonds. The van der Waals surface area contributed by atoms with Crippen LogP contribution in [-0.2, 0) is 6.42 Å². The summed E-state index contributed by atoms with van der Waals surface area (Å²) in [7, 11) is 0. The van der Waals surface area contributed by atoms with E-state index in [0.717, 1.165) is 29.9 Å². The molecular formula is C16H20N2S. The molecule has 1 aromatic carbocycles. The number of nitrogens with zero attached hydrogens (tertiary/aromatic N) is 1. The van der Waals surface area contributed by atoms with E-state index in [1.165, 1.54) is 16.7 Å². The van der Waals surface area contributed by atoms with E-state index in [1.807, 2.05) is 6.92 Å². The highest BCUT2D eigenvalue weighted by Gasteiger charge is 2.09. The fourth-order valence-corrected chi connectivity index (χ4v) is 2.42. The van der Waals surface area contributed by atoms with Gasteiger partial charge in [-0.3, -0.25) is 0 Å². The van der Waals surface area contributed by atoms with Crippen LogP contribution in [0.5, 0.6) is 0 Å². The Balaban J connectivity index is 2.67. The molecule has 0 saturated carbocycles. The zero-order valence-corrected chi connectivity index (χ0v) is 12.8. The van der Waals surface area contributed by atoms with E-state index in [0.29, 0.717) is 4.64 Å². The summed E-state index contributed by atoms with van der Waals surface area (Å²) in [5.41, 5.74) is 5.91. The van der Waals surface area contributed by atoms with Gasteiger partial charge in [0.25, 0.3) is 0 Å². The number of aromatic nitrogens is 2. The Morgan fingerprint density at radius 3 is 2.63 bits per heavy atom. The smallest absolute Gasteiger partial charge is 0.133 e. The minimum absolute atomic E-state index is 0.707. The normalized spacial score (nSPS) is 10.7. The van der Waals surface area contributed by atoms with Crippen LogP contribution in [0.4, 0.5) is 0 Å². The highest BCUT2D eigenvalue weighted by molar-refractivity contribution is 7.71. The van der Waals surface area contributed by atoms with Gasteiger partial charge in [0.15, 0.2) is 0 Å². The van der Waals surface area contributed by atoms with Crippen molar-refractivity contribution in [3.05, 3.63) is 45.4 Å². The molecule has 2 nitrogen and oxygen atoms in total. The third-order valence-electron chi connectivity index (χ3n) is 3.35. The quantitative estimate of drug-likeness (QED) is 0.822. The number of hydrogen-bond acceptors (Lipinski definition) is 2. The third kappa shape index (κ3) is 2.92. The van der Waals surface area contributed by atoms with Gasteiger partial charge in [0.1, 0.15) is 10.5 Å². The van der Waals surface area contributed by atoms with E-state index >= 15 is 0 Å². The minimum Gasteiger partial charge on any atom is -0.343 e. The Hall–Kier alpha value is -1.48. The summed E-state index contributed by atoms with van der Waals surface area (Å²) in [6, 6.07) is 6.50. The molecule has 3 heteroatoms. The van der Waals surface area contributed by atoms with E-state index in [9.17, 15) is 0 Å². The topological polar surface area (TPSA) is 28.7 Å². The van der Waals surface area contributed by atoms with E-state index in [-0.39, 0.29) is 0 Å². The molecule has 0 unspecified atom stereocenters. The Bertz CT molecular complexity index is 656. The van der Waals surface area contributed by atoms with Crippen LogP contribution in [0.25, 0.3) is 11.3 Å². The standard InChI is InChI=1S/C16H20N2S/c1-5-6-14-17-15(12(4)16(19)18-14)13-9-10(2)7-8-11(13)3/h7-9H,5-6H2,1-4H3,(H,17,18,19). The number of rotatable bonds is 3. The van der Waals surface area contributed by atoms with Crippen LogP contribution in [0.15, 0.2) is 18.2 Å². The molecule has 19 heavy (non-hydrogen) atoms. The van der Waals surface area contributed by atoms with Crippen molar-refractivity contribution in [2.24, 2.45) is 0 Å². The molecule has 0 saturated heterocycles. The summed E-state index contributed by atoms with van der Waals surface area (Å²) in [6.45, 7) is 8.43. The third-order valence-corrected chi connectivity index (χ3v) is 3.75. The molecule has 2 aromatic rings. The van der Waals surface area contributed by atoms with E-state index in [4.69, 9.17) is 12.2 Å². The molecule has 0 aliphatic rings. The van der Waals surface area contributed by atoms with Gasteiger partial charge in [0, 0.05) is 17.5 Å². The van der Waals surface area contributed by atoms with Crippen molar-refractivity contribution in [1.29, 1.82) is 0 Å². The second-order valence-corrected chi connectivity index (χ2v) is 5.44. The zero-order chi connectivity index (χ0) is 14.0. The number of benzene rings is 1. The van der Waals surface area contributed by atoms with Crippen molar-refractivity contribution in [3.8, 4) is 11.3 Å². The van der Waals surface area contributed by atoms with Gasteiger partial charge < -0.3 is 4.98 Å². The van der Waals surface area contributed by atoms with Crippen LogP contribution in [0.2, 0.25) is 0 Å². The van der Waals surface area contributed by atoms with Gasteiger partial charge in [-0.25, -0.2) is 4.98 Å². The van der Waals surface area contributed by atoms with Gasteiger partial charge in [0.2, 0.25) is 0 Å². The van der Waals surface area contributed by atoms with Gasteiger partial charge in [-0.15, -0.1) is 0 Å². The summed E-state index contributed by atoms with van der Waals surface area (Å²) in [6.07, 6.45) is 2.00. The molecule has 0 atom stereocenters. The maximum absolute atomic E-state index is 5.39. The Morgan fingerprint density at radius 1 is 1.21 bits per heavy atom. The lowest BCUT2D eigenvalue weighted by atomic mass is 10.00. The number of aromatic amines is 1. The molecule has 2 rings (SSSR count). The molecule has 0 aliphatic heterocycles. The first-order chi connectivity index (χ1) is 9.02. The first-order valence-corrected chi connectivity index (χ1v) is 7.11. The van der Waals surface area contributed by atoms with Crippen LogP contribution in [0, 0.1) is 25.4 Å². The number of H-pyrrole nitrogens is 1. The predicted molar refractivity (Wildman–Crippen MR) is 83.1 cm³/mol. The summed E-state index contributed by atoms with van der Waals surface area (Å²) < 4.78 is 0.707. The van der Waals surface area contributed by atoms with Crippen molar-refractivity contribution < 1.29 is 0 Å². The summed E-state index contributed by atoms with van der Waals surface area (Å²) in [4.78, 5) is 7.92. The molecule has 1 heterocycles. The van der Waals surface area contributed by atoms with Crippen molar-refractivity contribution >= 4 is 12.2 Å². The molecule has 0 aliphatic carbocycles. The van der Waals surface area contributed by atoms with Crippen LogP contribution < -0.4 is 0 Å². The Morgan fingerprint density at radius 2 is 1.95 bits per heavy atom. The Kier molecular flexibility index (Phi) is 4.15. The SMILES string of the molecule is CCCc1nc(=S)c(C)c(-c2cc(C)ccc2C)[nH]1. The summed E-state index contributed by atoms with van der Waals surface area (Å²) in [5, 5.41) is 0. The molecule has 0 bridgehead atoms. The van der Waals surface area contributed by atoms with E-state index in [1.54, 1.807) is 0 Å². The van der Waals surface area contributed by atoms with Crippen molar-refractivity contribution in [1.82, 2.24) is 9.97 Å². The van der Waals surface area contributed by atoms with Crippen LogP contribution in [-0.4, -0.2) is 9.97 Å². The summed E-state index contributed by atoms with van der Waals surface area (Å²) >= 11 is 5.39. The van der Waals surface area contributed by atoms with E-state index in [2.05, 4.69) is 48.9 Å². The van der Waals surface area contributed by atoms with Crippen molar-refractivity contribution in [3.63, 3.8) is 0 Å². The van der Waals surface area contributed by atoms with Gasteiger partial charge in [-0.2, -0.15) is 0 Å². The van der Waals surface area contributed by atoms with Crippen molar-refractivity contribution in [2.45, 2.75) is 40.5 Å². The number of aryl methyl sites for hydroxylation is 3. The van der Waals surface area contributed by atoms with Crippen LogP contribution >= 0.6 is 12.2 Å². The lowest BCUT2D eigenvalue weighted by Gasteiger charge is -2.12. The Labute approximate surface area is 119 Å². The minimum atomic E-state index is 0.707. The first kappa shape index (κ1) is 13.9. The number of nitrogens with one attached hydrogen (secondary N) is 1. The molecule has 1 N–H and O–H groups in total. The monoisotopic (exact) mass is 272 g/mol. The van der Waals surface area contributed by atoms with Gasteiger partial charge in [-0.1, -0.05) is 36.8 Å². The van der Waals surface area contributed by atoms with Crippen molar-refractivity contribution in [2.75, 3.05) is 0 Å². The second kappa shape index (κ2) is 5.66. The maximum atomic E-state index is 5.39.